The first-order valence-electron chi connectivity index (χ1n) is 6.61. The van der Waals surface area contributed by atoms with Crippen molar-refractivity contribution >= 4 is 22.1 Å². The summed E-state index contributed by atoms with van der Waals surface area (Å²) in [7, 11) is 0. The molecule has 5 heteroatoms. The van der Waals surface area contributed by atoms with E-state index in [0.717, 1.165) is 15.6 Å². The summed E-state index contributed by atoms with van der Waals surface area (Å²) in [5.41, 5.74) is 1.94. The molecule has 2 rings (SSSR count). The van der Waals surface area contributed by atoms with Crippen molar-refractivity contribution < 1.29 is 9.47 Å². The Morgan fingerprint density at radius 3 is 2.62 bits per heavy atom. The van der Waals surface area contributed by atoms with Crippen LogP contribution in [0.15, 0.2) is 52.0 Å². The normalized spacial score (nSPS) is 10.8. The molecule has 0 amide bonds. The van der Waals surface area contributed by atoms with Gasteiger partial charge in [0.05, 0.1) is 17.3 Å². The SMILES string of the molecule is CCOc1cc(/C=N\N)cc(Br)c1OCc1ccccc1. The van der Waals surface area contributed by atoms with Gasteiger partial charge in [-0.1, -0.05) is 30.3 Å². The molecule has 0 saturated heterocycles. The maximum absolute atomic E-state index is 5.89. The van der Waals surface area contributed by atoms with Crippen LogP contribution in [0.1, 0.15) is 18.1 Å². The molecule has 0 aliphatic carbocycles. The first-order chi connectivity index (χ1) is 10.2. The third-order valence-electron chi connectivity index (χ3n) is 2.78. The lowest BCUT2D eigenvalue weighted by atomic mass is 10.2. The van der Waals surface area contributed by atoms with Gasteiger partial charge in [0.25, 0.3) is 0 Å². The zero-order chi connectivity index (χ0) is 15.1. The molecule has 0 bridgehead atoms. The second-order valence-corrected chi connectivity index (χ2v) is 5.17. The summed E-state index contributed by atoms with van der Waals surface area (Å²) in [6, 6.07) is 13.7. The van der Waals surface area contributed by atoms with Crippen molar-refractivity contribution in [1.82, 2.24) is 0 Å². The fourth-order valence-corrected chi connectivity index (χ4v) is 2.46. The molecule has 0 saturated carbocycles. The first kappa shape index (κ1) is 15.4. The summed E-state index contributed by atoms with van der Waals surface area (Å²) in [6.07, 6.45) is 1.56. The molecule has 0 aliphatic heterocycles. The average molecular weight is 349 g/mol. The van der Waals surface area contributed by atoms with Gasteiger partial charge in [-0.2, -0.15) is 5.10 Å². The van der Waals surface area contributed by atoms with Gasteiger partial charge in [0.1, 0.15) is 6.61 Å². The van der Waals surface area contributed by atoms with Crippen molar-refractivity contribution in [3.8, 4) is 11.5 Å². The molecular weight excluding hydrogens is 332 g/mol. The van der Waals surface area contributed by atoms with Crippen LogP contribution in [-0.2, 0) is 6.61 Å². The fraction of sp³-hybridized carbons (Fsp3) is 0.188. The molecule has 0 spiro atoms. The van der Waals surface area contributed by atoms with Gasteiger partial charge in [0.2, 0.25) is 0 Å². The van der Waals surface area contributed by atoms with E-state index < -0.39 is 0 Å². The van der Waals surface area contributed by atoms with Gasteiger partial charge in [-0.3, -0.25) is 0 Å². The number of benzene rings is 2. The van der Waals surface area contributed by atoms with Crippen LogP contribution < -0.4 is 15.3 Å². The molecular formula is C16H17BrN2O2. The van der Waals surface area contributed by atoms with Crippen molar-refractivity contribution in [2.45, 2.75) is 13.5 Å². The molecule has 110 valence electrons. The van der Waals surface area contributed by atoms with Crippen LogP contribution >= 0.6 is 15.9 Å². The standard InChI is InChI=1S/C16H17BrN2O2/c1-2-20-15-9-13(10-19-18)8-14(17)16(15)21-11-12-6-4-3-5-7-12/h3-10H,2,11,18H2,1H3/b19-10-. The van der Waals surface area contributed by atoms with Crippen molar-refractivity contribution in [2.75, 3.05) is 6.61 Å². The Hall–Kier alpha value is -2.01. The predicted molar refractivity (Wildman–Crippen MR) is 87.9 cm³/mol. The minimum atomic E-state index is 0.476. The molecule has 0 atom stereocenters. The van der Waals surface area contributed by atoms with Crippen LogP contribution in [-0.4, -0.2) is 12.8 Å². The van der Waals surface area contributed by atoms with Crippen LogP contribution in [0, 0.1) is 0 Å². The minimum absolute atomic E-state index is 0.476. The highest BCUT2D eigenvalue weighted by atomic mass is 79.9. The lowest BCUT2D eigenvalue weighted by molar-refractivity contribution is 0.267. The van der Waals surface area contributed by atoms with Gasteiger partial charge >= 0.3 is 0 Å². The number of hydrogen-bond donors (Lipinski definition) is 1. The minimum Gasteiger partial charge on any atom is -0.490 e. The zero-order valence-electron chi connectivity index (χ0n) is 11.8. The lowest BCUT2D eigenvalue weighted by Crippen LogP contribution is -2.01. The Balaban J connectivity index is 2.24. The number of rotatable bonds is 6. The highest BCUT2D eigenvalue weighted by Gasteiger charge is 2.12. The Morgan fingerprint density at radius 2 is 1.95 bits per heavy atom. The van der Waals surface area contributed by atoms with Crippen LogP contribution in [0.2, 0.25) is 0 Å². The molecule has 0 fully saturated rings. The number of halogens is 1. The van der Waals surface area contributed by atoms with Crippen molar-refractivity contribution in [1.29, 1.82) is 0 Å². The van der Waals surface area contributed by atoms with E-state index in [0.29, 0.717) is 24.7 Å². The van der Waals surface area contributed by atoms with Gasteiger partial charge in [-0.15, -0.1) is 0 Å². The van der Waals surface area contributed by atoms with Gasteiger partial charge in [-0.25, -0.2) is 0 Å². The molecule has 4 nitrogen and oxygen atoms in total. The van der Waals surface area contributed by atoms with E-state index in [4.69, 9.17) is 15.3 Å². The number of nitrogens with two attached hydrogens (primary N) is 1. The largest absolute Gasteiger partial charge is 0.490 e. The van der Waals surface area contributed by atoms with Gasteiger partial charge in [0.15, 0.2) is 11.5 Å². The Bertz CT molecular complexity index is 615. The van der Waals surface area contributed by atoms with E-state index in [2.05, 4.69) is 21.0 Å². The predicted octanol–water partition coefficient (Wildman–Crippen LogP) is 3.72. The van der Waals surface area contributed by atoms with Gasteiger partial charge in [0, 0.05) is 0 Å². The third-order valence-corrected chi connectivity index (χ3v) is 3.37. The quantitative estimate of drug-likeness (QED) is 0.491. The Kier molecular flexibility index (Phi) is 5.63. The van der Waals surface area contributed by atoms with E-state index in [1.165, 1.54) is 0 Å². The van der Waals surface area contributed by atoms with Crippen LogP contribution in [0.3, 0.4) is 0 Å². The van der Waals surface area contributed by atoms with Gasteiger partial charge in [-0.05, 0) is 46.1 Å². The topological polar surface area (TPSA) is 56.8 Å². The van der Waals surface area contributed by atoms with E-state index in [1.54, 1.807) is 6.21 Å². The number of hydrazone groups is 1. The molecule has 2 N–H and O–H groups in total. The van der Waals surface area contributed by atoms with Crippen molar-refractivity contribution in [3.05, 3.63) is 58.1 Å². The van der Waals surface area contributed by atoms with Crippen molar-refractivity contribution in [2.24, 2.45) is 10.9 Å². The van der Waals surface area contributed by atoms with Crippen molar-refractivity contribution in [3.63, 3.8) is 0 Å². The zero-order valence-corrected chi connectivity index (χ0v) is 13.3. The second kappa shape index (κ2) is 7.69. The summed E-state index contributed by atoms with van der Waals surface area (Å²) in [6.45, 7) is 2.96. The third kappa shape index (κ3) is 4.23. The maximum Gasteiger partial charge on any atom is 0.175 e. The highest BCUT2D eigenvalue weighted by molar-refractivity contribution is 9.10. The Labute approximate surface area is 132 Å². The average Bonchev–Trinajstić information content (AvgIpc) is 2.48. The number of nitrogens with zero attached hydrogens (tertiary/aromatic N) is 1. The van der Waals surface area contributed by atoms with Gasteiger partial charge < -0.3 is 15.3 Å². The van der Waals surface area contributed by atoms with Crippen LogP contribution in [0.25, 0.3) is 0 Å². The molecule has 2 aromatic rings. The summed E-state index contributed by atoms with van der Waals surface area (Å²) in [4.78, 5) is 0. The molecule has 0 radical (unpaired) electrons. The Morgan fingerprint density at radius 1 is 1.19 bits per heavy atom. The molecule has 2 aromatic carbocycles. The van der Waals surface area contributed by atoms with E-state index >= 15 is 0 Å². The lowest BCUT2D eigenvalue weighted by Gasteiger charge is -2.14. The second-order valence-electron chi connectivity index (χ2n) is 4.32. The highest BCUT2D eigenvalue weighted by Crippen LogP contribution is 2.37. The fourth-order valence-electron chi connectivity index (χ4n) is 1.88. The molecule has 0 aliphatic rings. The smallest absolute Gasteiger partial charge is 0.175 e. The summed E-state index contributed by atoms with van der Waals surface area (Å²) in [5.74, 6) is 6.53. The molecule has 0 heterocycles. The number of hydrogen-bond acceptors (Lipinski definition) is 4. The summed E-state index contributed by atoms with van der Waals surface area (Å²) < 4.78 is 12.3. The number of ether oxygens (including phenoxy) is 2. The monoisotopic (exact) mass is 348 g/mol. The maximum atomic E-state index is 5.89. The summed E-state index contributed by atoms with van der Waals surface area (Å²) in [5, 5.41) is 3.53. The summed E-state index contributed by atoms with van der Waals surface area (Å²) >= 11 is 3.50. The van der Waals surface area contributed by atoms with Crippen LogP contribution in [0.5, 0.6) is 11.5 Å². The molecule has 0 aromatic heterocycles. The van der Waals surface area contributed by atoms with Crippen LogP contribution in [0.4, 0.5) is 0 Å². The van der Waals surface area contributed by atoms with E-state index in [1.807, 2.05) is 49.4 Å². The van der Waals surface area contributed by atoms with E-state index in [9.17, 15) is 0 Å². The molecule has 21 heavy (non-hydrogen) atoms. The first-order valence-corrected chi connectivity index (χ1v) is 7.40. The van der Waals surface area contributed by atoms with E-state index in [-0.39, 0.29) is 0 Å². The molecule has 0 unspecified atom stereocenters.